The molecule has 2 aromatic carbocycles. The molecule has 0 aromatic heterocycles. The van der Waals surface area contributed by atoms with E-state index >= 15 is 0 Å². The van der Waals surface area contributed by atoms with E-state index in [1.165, 1.54) is 12.1 Å². The fourth-order valence-corrected chi connectivity index (χ4v) is 3.88. The molecule has 1 aliphatic heterocycles. The van der Waals surface area contributed by atoms with Gasteiger partial charge < -0.3 is 19.1 Å². The Hall–Kier alpha value is -2.81. The van der Waals surface area contributed by atoms with Crippen LogP contribution in [0.25, 0.3) is 0 Å². The smallest absolute Gasteiger partial charge is 0.489 e. The molecule has 3 rings (SSSR count). The normalized spacial score (nSPS) is 16.4. The third-order valence-electron chi connectivity index (χ3n) is 4.75. The Morgan fingerprint density at radius 2 is 1.90 bits per heavy atom. The van der Waals surface area contributed by atoms with Gasteiger partial charge in [0.15, 0.2) is 9.84 Å². The second-order valence-corrected chi connectivity index (χ2v) is 9.72. The van der Waals surface area contributed by atoms with Crippen LogP contribution in [0, 0.1) is 5.82 Å². The van der Waals surface area contributed by atoms with Crippen LogP contribution in [0.5, 0.6) is 5.75 Å². The quantitative estimate of drug-likeness (QED) is 0.590. The van der Waals surface area contributed by atoms with Gasteiger partial charge in [-0.05, 0) is 49.7 Å². The maximum absolute atomic E-state index is 14.4. The van der Waals surface area contributed by atoms with Crippen molar-refractivity contribution in [1.29, 1.82) is 0 Å². The van der Waals surface area contributed by atoms with Crippen molar-refractivity contribution >= 4 is 21.7 Å². The molecule has 0 saturated carbocycles. The lowest BCUT2D eigenvalue weighted by Gasteiger charge is -2.20. The van der Waals surface area contributed by atoms with Crippen molar-refractivity contribution in [3.05, 3.63) is 53.8 Å². The van der Waals surface area contributed by atoms with Crippen LogP contribution in [0.4, 0.5) is 14.9 Å². The second kappa shape index (κ2) is 9.55. The van der Waals surface area contributed by atoms with Gasteiger partial charge in [-0.1, -0.05) is 12.1 Å². The number of ether oxygens (including phenoxy) is 3. The molecule has 31 heavy (non-hydrogen) atoms. The minimum Gasteiger partial charge on any atom is -0.489 e. The number of halogens is 1. The molecule has 0 spiro atoms. The molecule has 0 aliphatic carbocycles. The third-order valence-corrected chi connectivity index (χ3v) is 5.86. The molecule has 168 valence electrons. The SMILES string of the molecule is CC(C)OC(=O)OCc1ccc(O[C@@H]2CCN(c3ccc(S(C)(=O)=O)cc3F)C2)cc1. The van der Waals surface area contributed by atoms with Crippen LogP contribution in [0.1, 0.15) is 25.8 Å². The van der Waals surface area contributed by atoms with Crippen molar-refractivity contribution in [2.45, 2.75) is 44.0 Å². The molecular formula is C22H26FNO6S. The van der Waals surface area contributed by atoms with E-state index in [1.807, 2.05) is 4.90 Å². The summed E-state index contributed by atoms with van der Waals surface area (Å²) in [6.07, 6.45) is 0.685. The molecule has 9 heteroatoms. The number of rotatable bonds is 7. The zero-order valence-corrected chi connectivity index (χ0v) is 18.5. The highest BCUT2D eigenvalue weighted by Crippen LogP contribution is 2.28. The van der Waals surface area contributed by atoms with Crippen LogP contribution in [0.2, 0.25) is 0 Å². The third kappa shape index (κ3) is 6.33. The molecule has 2 aromatic rings. The van der Waals surface area contributed by atoms with E-state index < -0.39 is 21.8 Å². The van der Waals surface area contributed by atoms with E-state index in [-0.39, 0.29) is 23.7 Å². The molecule has 1 fully saturated rings. The lowest BCUT2D eigenvalue weighted by molar-refractivity contribution is 0.0298. The van der Waals surface area contributed by atoms with Gasteiger partial charge in [-0.3, -0.25) is 0 Å². The molecule has 0 bridgehead atoms. The van der Waals surface area contributed by atoms with Gasteiger partial charge in [0.1, 0.15) is 24.3 Å². The molecule has 1 saturated heterocycles. The first-order valence-corrected chi connectivity index (χ1v) is 11.8. The predicted octanol–water partition coefficient (Wildman–Crippen LogP) is 3.95. The number of carbonyl (C=O) groups is 1. The number of nitrogens with zero attached hydrogens (tertiary/aromatic N) is 1. The van der Waals surface area contributed by atoms with E-state index in [1.54, 1.807) is 38.1 Å². The molecule has 1 atom stereocenters. The average Bonchev–Trinajstić information content (AvgIpc) is 3.14. The standard InChI is InChI=1S/C22H26FNO6S/c1-15(2)29-22(25)28-14-16-4-6-17(7-5-16)30-18-10-11-24(13-18)21-9-8-19(12-20(21)23)31(3,26)27/h4-9,12,15,18H,10-11,13-14H2,1-3H3/t18-/m1/s1. The predicted molar refractivity (Wildman–Crippen MR) is 114 cm³/mol. The Balaban J connectivity index is 1.54. The maximum Gasteiger partial charge on any atom is 0.508 e. The fourth-order valence-electron chi connectivity index (χ4n) is 3.24. The largest absolute Gasteiger partial charge is 0.508 e. The molecular weight excluding hydrogens is 425 g/mol. The molecule has 0 radical (unpaired) electrons. The highest BCUT2D eigenvalue weighted by atomic mass is 32.2. The van der Waals surface area contributed by atoms with Gasteiger partial charge in [-0.15, -0.1) is 0 Å². The Labute approximate surface area is 181 Å². The number of hydrogen-bond donors (Lipinski definition) is 0. The van der Waals surface area contributed by atoms with Gasteiger partial charge in [0.25, 0.3) is 0 Å². The van der Waals surface area contributed by atoms with Crippen LogP contribution in [-0.4, -0.2) is 46.1 Å². The summed E-state index contributed by atoms with van der Waals surface area (Å²) in [7, 11) is -3.45. The molecule has 7 nitrogen and oxygen atoms in total. The highest BCUT2D eigenvalue weighted by Gasteiger charge is 2.26. The van der Waals surface area contributed by atoms with E-state index in [0.29, 0.717) is 30.9 Å². The van der Waals surface area contributed by atoms with E-state index in [2.05, 4.69) is 0 Å². The summed E-state index contributed by atoms with van der Waals surface area (Å²) in [6, 6.07) is 11.1. The summed E-state index contributed by atoms with van der Waals surface area (Å²) < 4.78 is 53.5. The zero-order valence-electron chi connectivity index (χ0n) is 17.7. The fraction of sp³-hybridized carbons (Fsp3) is 0.409. The minimum absolute atomic E-state index is 0.0396. The summed E-state index contributed by atoms with van der Waals surface area (Å²) in [5.74, 6) is 0.0946. The van der Waals surface area contributed by atoms with E-state index in [9.17, 15) is 17.6 Å². The van der Waals surface area contributed by atoms with Crippen molar-refractivity contribution in [3.8, 4) is 5.75 Å². The van der Waals surface area contributed by atoms with Crippen LogP contribution >= 0.6 is 0 Å². The van der Waals surface area contributed by atoms with Gasteiger partial charge in [0.05, 0.1) is 23.2 Å². The summed E-state index contributed by atoms with van der Waals surface area (Å²) >= 11 is 0. The molecule has 0 unspecified atom stereocenters. The molecule has 1 aliphatic rings. The number of benzene rings is 2. The number of anilines is 1. The maximum atomic E-state index is 14.4. The van der Waals surface area contributed by atoms with Crippen molar-refractivity contribution in [3.63, 3.8) is 0 Å². The zero-order chi connectivity index (χ0) is 22.6. The van der Waals surface area contributed by atoms with Gasteiger partial charge in [-0.25, -0.2) is 17.6 Å². The first-order chi connectivity index (χ1) is 14.6. The lowest BCUT2D eigenvalue weighted by atomic mass is 10.2. The summed E-state index contributed by atoms with van der Waals surface area (Å²) in [5.41, 5.74) is 1.16. The summed E-state index contributed by atoms with van der Waals surface area (Å²) in [4.78, 5) is 13.2. The molecule has 0 N–H and O–H groups in total. The topological polar surface area (TPSA) is 82.1 Å². The first kappa shape index (κ1) is 22.9. The van der Waals surface area contributed by atoms with E-state index in [4.69, 9.17) is 14.2 Å². The van der Waals surface area contributed by atoms with Crippen molar-refractivity contribution < 1.29 is 31.8 Å². The number of carbonyl (C=O) groups excluding carboxylic acids is 1. The van der Waals surface area contributed by atoms with Gasteiger partial charge in [0, 0.05) is 19.2 Å². The Morgan fingerprint density at radius 3 is 2.52 bits per heavy atom. The minimum atomic E-state index is -3.45. The Bertz CT molecular complexity index is 1020. The van der Waals surface area contributed by atoms with Crippen LogP contribution in [0.3, 0.4) is 0 Å². The number of sulfone groups is 1. The van der Waals surface area contributed by atoms with Crippen molar-refractivity contribution in [1.82, 2.24) is 0 Å². The lowest BCUT2D eigenvalue weighted by Crippen LogP contribution is -2.25. The second-order valence-electron chi connectivity index (χ2n) is 7.71. The summed E-state index contributed by atoms with van der Waals surface area (Å²) in [6.45, 7) is 4.68. The van der Waals surface area contributed by atoms with Crippen LogP contribution in [0.15, 0.2) is 47.4 Å². The van der Waals surface area contributed by atoms with Crippen molar-refractivity contribution in [2.24, 2.45) is 0 Å². The van der Waals surface area contributed by atoms with Crippen LogP contribution < -0.4 is 9.64 Å². The van der Waals surface area contributed by atoms with Crippen molar-refractivity contribution in [2.75, 3.05) is 24.2 Å². The average molecular weight is 452 g/mol. The first-order valence-electron chi connectivity index (χ1n) is 9.95. The van der Waals surface area contributed by atoms with Gasteiger partial charge >= 0.3 is 6.16 Å². The van der Waals surface area contributed by atoms with E-state index in [0.717, 1.165) is 17.9 Å². The Kier molecular flexibility index (Phi) is 7.04. The number of hydrogen-bond acceptors (Lipinski definition) is 7. The van der Waals surface area contributed by atoms with Gasteiger partial charge in [-0.2, -0.15) is 0 Å². The molecule has 1 heterocycles. The Morgan fingerprint density at radius 1 is 1.19 bits per heavy atom. The van der Waals surface area contributed by atoms with Crippen LogP contribution in [-0.2, 0) is 25.9 Å². The monoisotopic (exact) mass is 451 g/mol. The molecule has 0 amide bonds. The highest BCUT2D eigenvalue weighted by molar-refractivity contribution is 7.90. The summed E-state index contributed by atoms with van der Waals surface area (Å²) in [5, 5.41) is 0. The van der Waals surface area contributed by atoms with Gasteiger partial charge in [0.2, 0.25) is 0 Å².